The van der Waals surface area contributed by atoms with Gasteiger partial charge >= 0.3 is 0 Å². The van der Waals surface area contributed by atoms with E-state index < -0.39 is 10.8 Å². The summed E-state index contributed by atoms with van der Waals surface area (Å²) in [5.74, 6) is 0.462. The zero-order valence-electron chi connectivity index (χ0n) is 13.6. The molecule has 8 nitrogen and oxygen atoms in total. The summed E-state index contributed by atoms with van der Waals surface area (Å²) >= 11 is 0. The summed E-state index contributed by atoms with van der Waals surface area (Å²) < 4.78 is 14.8. The van der Waals surface area contributed by atoms with Gasteiger partial charge in [-0.15, -0.1) is 5.10 Å². The van der Waals surface area contributed by atoms with Crippen molar-refractivity contribution in [3.63, 3.8) is 0 Å². The molecule has 1 unspecified atom stereocenters. The summed E-state index contributed by atoms with van der Waals surface area (Å²) in [6, 6.07) is 7.33. The van der Waals surface area contributed by atoms with E-state index in [-0.39, 0.29) is 0 Å². The Morgan fingerprint density at radius 1 is 1.20 bits per heavy atom. The molecule has 0 aliphatic heterocycles. The second kappa shape index (κ2) is 6.10. The predicted molar refractivity (Wildman–Crippen MR) is 95.0 cm³/mol. The first-order valence-corrected chi connectivity index (χ1v) is 9.07. The van der Waals surface area contributed by atoms with E-state index in [9.17, 15) is 4.21 Å². The average molecular weight is 353 g/mol. The minimum atomic E-state index is -0.998. The third-order valence-electron chi connectivity index (χ3n) is 3.68. The molecule has 126 valence electrons. The first-order valence-electron chi connectivity index (χ1n) is 7.51. The summed E-state index contributed by atoms with van der Waals surface area (Å²) in [5.41, 5.74) is 3.06. The second-order valence-electron chi connectivity index (χ2n) is 5.49. The van der Waals surface area contributed by atoms with E-state index in [0.717, 1.165) is 16.1 Å². The Labute approximate surface area is 146 Å². The van der Waals surface area contributed by atoms with Crippen LogP contribution in [0, 0.1) is 0 Å². The number of anilines is 2. The molecule has 0 bridgehead atoms. The van der Waals surface area contributed by atoms with Gasteiger partial charge in [0, 0.05) is 58.8 Å². The van der Waals surface area contributed by atoms with Crippen LogP contribution in [0.3, 0.4) is 0 Å². The van der Waals surface area contributed by atoms with Gasteiger partial charge in [0.25, 0.3) is 0 Å². The predicted octanol–water partition coefficient (Wildman–Crippen LogP) is 2.01. The zero-order chi connectivity index (χ0) is 17.4. The highest BCUT2D eigenvalue weighted by Crippen LogP contribution is 2.22. The van der Waals surface area contributed by atoms with Gasteiger partial charge in [-0.1, -0.05) is 0 Å². The quantitative estimate of drug-likeness (QED) is 0.603. The van der Waals surface area contributed by atoms with Crippen LogP contribution in [0.25, 0.3) is 16.9 Å². The molecule has 0 aliphatic carbocycles. The van der Waals surface area contributed by atoms with Crippen LogP contribution in [0.2, 0.25) is 0 Å². The molecule has 0 amide bonds. The SMILES string of the molecule is Cn1cc(-c2nccn3nc(Nc4ccc(S(C)=O)cc4)nc23)cn1. The van der Waals surface area contributed by atoms with Gasteiger partial charge in [0.15, 0.2) is 5.65 Å². The second-order valence-corrected chi connectivity index (χ2v) is 6.87. The topological polar surface area (TPSA) is 90.0 Å². The number of hydrogen-bond donors (Lipinski definition) is 1. The van der Waals surface area contributed by atoms with Crippen molar-refractivity contribution in [3.8, 4) is 11.3 Å². The number of benzene rings is 1. The van der Waals surface area contributed by atoms with E-state index >= 15 is 0 Å². The number of fused-ring (bicyclic) bond motifs is 1. The monoisotopic (exact) mass is 353 g/mol. The Balaban J connectivity index is 1.68. The lowest BCUT2D eigenvalue weighted by molar-refractivity contribution is 0.687. The Morgan fingerprint density at radius 3 is 2.68 bits per heavy atom. The van der Waals surface area contributed by atoms with Crippen molar-refractivity contribution in [1.82, 2.24) is 29.4 Å². The molecule has 0 spiro atoms. The summed E-state index contributed by atoms with van der Waals surface area (Å²) in [4.78, 5) is 9.71. The van der Waals surface area contributed by atoms with Gasteiger partial charge in [0.05, 0.1) is 6.20 Å². The maximum atomic E-state index is 11.5. The average Bonchev–Trinajstić information content (AvgIpc) is 3.20. The smallest absolute Gasteiger partial charge is 0.247 e. The van der Waals surface area contributed by atoms with Gasteiger partial charge in [-0.2, -0.15) is 10.1 Å². The number of aromatic nitrogens is 6. The van der Waals surface area contributed by atoms with Crippen molar-refractivity contribution in [1.29, 1.82) is 0 Å². The molecule has 1 aromatic carbocycles. The zero-order valence-corrected chi connectivity index (χ0v) is 14.4. The Kier molecular flexibility index (Phi) is 3.77. The van der Waals surface area contributed by atoms with Crippen LogP contribution in [-0.2, 0) is 17.8 Å². The van der Waals surface area contributed by atoms with Crippen molar-refractivity contribution in [2.24, 2.45) is 7.05 Å². The van der Waals surface area contributed by atoms with Gasteiger partial charge < -0.3 is 5.32 Å². The fraction of sp³-hybridized carbons (Fsp3) is 0.125. The highest BCUT2D eigenvalue weighted by molar-refractivity contribution is 7.84. The van der Waals surface area contributed by atoms with Gasteiger partial charge in [0.1, 0.15) is 5.69 Å². The van der Waals surface area contributed by atoms with E-state index in [1.54, 1.807) is 34.0 Å². The number of nitrogens with one attached hydrogen (secondary N) is 1. The molecule has 0 saturated carbocycles. The molecule has 3 aromatic heterocycles. The van der Waals surface area contributed by atoms with Crippen LogP contribution < -0.4 is 5.32 Å². The lowest BCUT2D eigenvalue weighted by atomic mass is 10.2. The molecule has 25 heavy (non-hydrogen) atoms. The standard InChI is InChI=1S/C16H15N7OS/c1-22-10-11(9-18-22)14-15-20-16(21-23(15)8-7-17-14)19-12-3-5-13(6-4-12)25(2)24/h3-10H,1-2H3,(H,19,21). The van der Waals surface area contributed by atoms with Crippen LogP contribution in [0.4, 0.5) is 11.6 Å². The summed E-state index contributed by atoms with van der Waals surface area (Å²) in [5, 5.41) is 11.8. The molecular formula is C16H15N7OS. The maximum Gasteiger partial charge on any atom is 0.247 e. The molecule has 9 heteroatoms. The first kappa shape index (κ1) is 15.5. The number of nitrogens with zero attached hydrogens (tertiary/aromatic N) is 6. The van der Waals surface area contributed by atoms with E-state index in [4.69, 9.17) is 0 Å². The van der Waals surface area contributed by atoms with Gasteiger partial charge in [-0.05, 0) is 24.3 Å². The van der Waals surface area contributed by atoms with E-state index in [1.165, 1.54) is 0 Å². The molecule has 0 saturated heterocycles. The van der Waals surface area contributed by atoms with Gasteiger partial charge in [-0.25, -0.2) is 4.52 Å². The highest BCUT2D eigenvalue weighted by atomic mass is 32.2. The maximum absolute atomic E-state index is 11.5. The molecule has 3 heterocycles. The van der Waals surface area contributed by atoms with Crippen LogP contribution in [-0.4, -0.2) is 39.8 Å². The summed E-state index contributed by atoms with van der Waals surface area (Å²) in [7, 11) is 0.857. The fourth-order valence-corrected chi connectivity index (χ4v) is 3.00. The van der Waals surface area contributed by atoms with E-state index in [0.29, 0.717) is 17.3 Å². The first-order chi connectivity index (χ1) is 12.1. The lowest BCUT2D eigenvalue weighted by Crippen LogP contribution is -1.94. The molecule has 1 atom stereocenters. The molecule has 0 aliphatic rings. The summed E-state index contributed by atoms with van der Waals surface area (Å²) in [6.07, 6.45) is 8.70. The van der Waals surface area contributed by atoms with Gasteiger partial charge in [0.2, 0.25) is 5.95 Å². The van der Waals surface area contributed by atoms with E-state index in [1.807, 2.05) is 37.5 Å². The molecule has 4 aromatic rings. The Morgan fingerprint density at radius 2 is 2.00 bits per heavy atom. The minimum Gasteiger partial charge on any atom is -0.323 e. The molecule has 0 radical (unpaired) electrons. The minimum absolute atomic E-state index is 0.462. The molecule has 1 N–H and O–H groups in total. The van der Waals surface area contributed by atoms with Crippen LogP contribution in [0.1, 0.15) is 0 Å². The third-order valence-corrected chi connectivity index (χ3v) is 4.61. The Bertz CT molecular complexity index is 1070. The fourth-order valence-electron chi connectivity index (χ4n) is 2.48. The van der Waals surface area contributed by atoms with Crippen molar-refractivity contribution in [3.05, 3.63) is 49.1 Å². The lowest BCUT2D eigenvalue weighted by Gasteiger charge is -2.02. The number of aryl methyl sites for hydroxylation is 1. The van der Waals surface area contributed by atoms with Gasteiger partial charge in [-0.3, -0.25) is 13.9 Å². The van der Waals surface area contributed by atoms with Crippen molar-refractivity contribution in [2.45, 2.75) is 4.90 Å². The van der Waals surface area contributed by atoms with Crippen molar-refractivity contribution in [2.75, 3.05) is 11.6 Å². The normalized spacial score (nSPS) is 12.4. The van der Waals surface area contributed by atoms with Crippen molar-refractivity contribution < 1.29 is 4.21 Å². The summed E-state index contributed by atoms with van der Waals surface area (Å²) in [6.45, 7) is 0. The number of hydrogen-bond acceptors (Lipinski definition) is 6. The van der Waals surface area contributed by atoms with Crippen LogP contribution >= 0.6 is 0 Å². The highest BCUT2D eigenvalue weighted by Gasteiger charge is 2.12. The molecular weight excluding hydrogens is 338 g/mol. The molecule has 0 fully saturated rings. The third kappa shape index (κ3) is 3.01. The van der Waals surface area contributed by atoms with Crippen LogP contribution in [0.15, 0.2) is 53.9 Å². The van der Waals surface area contributed by atoms with Crippen LogP contribution in [0.5, 0.6) is 0 Å². The number of rotatable bonds is 4. The van der Waals surface area contributed by atoms with Crippen molar-refractivity contribution >= 4 is 28.1 Å². The largest absolute Gasteiger partial charge is 0.323 e. The van der Waals surface area contributed by atoms with E-state index in [2.05, 4.69) is 25.5 Å². The molecule has 4 rings (SSSR count). The Hall–Kier alpha value is -3.07.